The van der Waals surface area contributed by atoms with E-state index in [9.17, 15) is 5.11 Å². The average molecular weight is 701 g/mol. The predicted molar refractivity (Wildman–Crippen MR) is 169 cm³/mol. The standard InChI is InChI=1S/C33H34N6O.C2H4O2.2Mn/c1-26-18-27(20-38(22-29-10-2-6-14-34-29)23-30-11-3-7-15-35-30)33(40)28(19-26)21-39(24-31-12-4-8-16-36-31)25-32-13-5-9-17-37-32;1-2(3)4;;/h2-19,40H,20-25H2,1H3;1H3,(H,3,4);;. The predicted octanol–water partition coefficient (Wildman–Crippen LogP) is 5.77. The first-order valence-electron chi connectivity index (χ1n) is 14.4. The molecule has 0 aliphatic rings. The maximum absolute atomic E-state index is 11.6. The van der Waals surface area contributed by atoms with E-state index in [1.807, 2.05) is 97.6 Å². The summed E-state index contributed by atoms with van der Waals surface area (Å²) in [4.78, 5) is 31.7. The molecule has 0 bridgehead atoms. The number of carboxylic acids is 1. The molecule has 0 amide bonds. The van der Waals surface area contributed by atoms with Crippen LogP contribution in [0.1, 0.15) is 46.4 Å². The first kappa shape index (κ1) is 38.2. The van der Waals surface area contributed by atoms with Crippen LogP contribution >= 0.6 is 0 Å². The summed E-state index contributed by atoms with van der Waals surface area (Å²) in [5.41, 5.74) is 6.78. The van der Waals surface area contributed by atoms with Crippen LogP contribution in [0, 0.1) is 6.92 Å². The SMILES string of the molecule is CC(=O)O.Cc1cc(CN(Cc2ccccn2)Cc2ccccn2)c(O)c(CN(Cc2ccccn2)Cc2ccccn2)c1.[Mn].[Mn]. The van der Waals surface area contributed by atoms with Gasteiger partial charge in [-0.1, -0.05) is 42.0 Å². The number of pyridine rings is 4. The van der Waals surface area contributed by atoms with Crippen LogP contribution in [0.3, 0.4) is 0 Å². The molecule has 46 heavy (non-hydrogen) atoms. The number of phenols is 1. The van der Waals surface area contributed by atoms with Gasteiger partial charge in [-0.3, -0.25) is 34.5 Å². The molecule has 2 N–H and O–H groups in total. The minimum atomic E-state index is -0.833. The fraction of sp³-hybridized carbons (Fsp3) is 0.229. The van der Waals surface area contributed by atoms with Crippen LogP contribution in [0.2, 0.25) is 0 Å². The quantitative estimate of drug-likeness (QED) is 0.157. The Balaban J connectivity index is 0.00000116. The molecule has 240 valence electrons. The summed E-state index contributed by atoms with van der Waals surface area (Å²) < 4.78 is 0. The first-order chi connectivity index (χ1) is 21.4. The number of phenolic OH excluding ortho intramolecular Hbond substituents is 1. The van der Waals surface area contributed by atoms with Crippen molar-refractivity contribution in [2.75, 3.05) is 0 Å². The van der Waals surface area contributed by atoms with Crippen molar-refractivity contribution >= 4 is 5.97 Å². The summed E-state index contributed by atoms with van der Waals surface area (Å²) in [6.07, 6.45) is 7.26. The van der Waals surface area contributed by atoms with E-state index < -0.39 is 5.97 Å². The number of carbonyl (C=O) groups is 1. The van der Waals surface area contributed by atoms with Gasteiger partial charge in [-0.2, -0.15) is 0 Å². The molecular weight excluding hydrogens is 662 g/mol. The molecule has 0 saturated carbocycles. The molecular formula is C35H38Mn2N6O3. The first-order valence-corrected chi connectivity index (χ1v) is 14.4. The van der Waals surface area contributed by atoms with E-state index in [0.717, 1.165) is 46.4 Å². The van der Waals surface area contributed by atoms with Gasteiger partial charge in [0.15, 0.2) is 0 Å². The van der Waals surface area contributed by atoms with Gasteiger partial charge in [-0.25, -0.2) is 0 Å². The second-order valence-electron chi connectivity index (χ2n) is 10.5. The van der Waals surface area contributed by atoms with E-state index in [-0.39, 0.29) is 34.1 Å². The van der Waals surface area contributed by atoms with Crippen molar-refractivity contribution in [3.63, 3.8) is 0 Å². The van der Waals surface area contributed by atoms with Gasteiger partial charge in [0.25, 0.3) is 5.97 Å². The Kier molecular flexibility index (Phi) is 16.8. The number of aliphatic carboxylic acids is 1. The molecule has 11 heteroatoms. The van der Waals surface area contributed by atoms with Crippen molar-refractivity contribution in [2.24, 2.45) is 0 Å². The summed E-state index contributed by atoms with van der Waals surface area (Å²) in [5, 5.41) is 19.0. The number of benzene rings is 1. The Morgan fingerprint density at radius 3 is 1.11 bits per heavy atom. The third-order valence-electron chi connectivity index (χ3n) is 6.65. The second-order valence-corrected chi connectivity index (χ2v) is 10.5. The van der Waals surface area contributed by atoms with Gasteiger partial charge in [0.2, 0.25) is 0 Å². The maximum Gasteiger partial charge on any atom is 0.300 e. The summed E-state index contributed by atoms with van der Waals surface area (Å²) in [6, 6.07) is 28.0. The summed E-state index contributed by atoms with van der Waals surface area (Å²) in [7, 11) is 0. The average Bonchev–Trinajstić information content (AvgIpc) is 3.01. The van der Waals surface area contributed by atoms with Crippen molar-refractivity contribution in [2.45, 2.75) is 53.1 Å². The van der Waals surface area contributed by atoms with E-state index in [0.29, 0.717) is 45.0 Å². The zero-order valence-electron chi connectivity index (χ0n) is 25.9. The van der Waals surface area contributed by atoms with E-state index in [2.05, 4.69) is 48.8 Å². The van der Waals surface area contributed by atoms with Gasteiger partial charge in [0.1, 0.15) is 5.75 Å². The van der Waals surface area contributed by atoms with E-state index in [1.165, 1.54) is 0 Å². The van der Waals surface area contributed by atoms with Gasteiger partial charge < -0.3 is 10.2 Å². The van der Waals surface area contributed by atoms with Crippen molar-refractivity contribution in [1.82, 2.24) is 29.7 Å². The number of rotatable bonds is 12. The number of nitrogens with zero attached hydrogens (tertiary/aromatic N) is 6. The maximum atomic E-state index is 11.6. The number of aromatic hydroxyl groups is 1. The van der Waals surface area contributed by atoms with Gasteiger partial charge in [0, 0.05) is 116 Å². The van der Waals surface area contributed by atoms with Gasteiger partial charge in [0.05, 0.1) is 22.8 Å². The van der Waals surface area contributed by atoms with Crippen LogP contribution in [-0.4, -0.2) is 45.9 Å². The zero-order valence-corrected chi connectivity index (χ0v) is 28.2. The summed E-state index contributed by atoms with van der Waals surface area (Å²) >= 11 is 0. The van der Waals surface area contributed by atoms with E-state index in [4.69, 9.17) is 9.90 Å². The van der Waals surface area contributed by atoms with Crippen molar-refractivity contribution < 1.29 is 49.1 Å². The van der Waals surface area contributed by atoms with Crippen LogP contribution in [0.25, 0.3) is 0 Å². The topological polar surface area (TPSA) is 116 Å². The Morgan fingerprint density at radius 2 is 0.870 bits per heavy atom. The largest absolute Gasteiger partial charge is 0.507 e. The fourth-order valence-corrected chi connectivity index (χ4v) is 4.88. The minimum Gasteiger partial charge on any atom is -0.507 e. The molecule has 1 aromatic carbocycles. The van der Waals surface area contributed by atoms with E-state index in [1.54, 1.807) is 0 Å². The van der Waals surface area contributed by atoms with Crippen LogP contribution in [0.5, 0.6) is 5.75 Å². The van der Waals surface area contributed by atoms with Crippen molar-refractivity contribution in [3.05, 3.63) is 149 Å². The van der Waals surface area contributed by atoms with E-state index >= 15 is 0 Å². The van der Waals surface area contributed by atoms with Crippen molar-refractivity contribution in [3.8, 4) is 5.75 Å². The number of hydrogen-bond donors (Lipinski definition) is 2. The zero-order chi connectivity index (χ0) is 31.1. The molecule has 0 fully saturated rings. The monoisotopic (exact) mass is 700 g/mol. The number of aromatic nitrogens is 4. The number of carboxylic acid groups (broad SMARTS) is 1. The molecule has 5 aromatic rings. The minimum absolute atomic E-state index is 0. The van der Waals surface area contributed by atoms with Gasteiger partial charge in [-0.05, 0) is 55.5 Å². The summed E-state index contributed by atoms with van der Waals surface area (Å²) in [6.45, 7) is 6.87. The third-order valence-corrected chi connectivity index (χ3v) is 6.65. The molecule has 0 spiro atoms. The normalized spacial score (nSPS) is 10.3. The molecule has 0 atom stereocenters. The Morgan fingerprint density at radius 1 is 0.587 bits per heavy atom. The molecule has 0 saturated heterocycles. The Bertz CT molecular complexity index is 1390. The molecule has 4 aromatic heterocycles. The molecule has 9 nitrogen and oxygen atoms in total. The van der Waals surface area contributed by atoms with Crippen LogP contribution < -0.4 is 0 Å². The molecule has 0 unspecified atom stereocenters. The molecule has 5 rings (SSSR count). The Hall–Kier alpha value is -3.95. The number of hydrogen-bond acceptors (Lipinski definition) is 8. The van der Waals surface area contributed by atoms with Crippen LogP contribution in [0.15, 0.2) is 110 Å². The molecule has 0 aliphatic carbocycles. The number of aryl methyl sites for hydroxylation is 1. The van der Waals surface area contributed by atoms with Gasteiger partial charge in [-0.15, -0.1) is 0 Å². The van der Waals surface area contributed by atoms with Crippen molar-refractivity contribution in [1.29, 1.82) is 0 Å². The molecule has 0 aliphatic heterocycles. The second kappa shape index (κ2) is 20.2. The van der Waals surface area contributed by atoms with Crippen LogP contribution in [0.4, 0.5) is 0 Å². The fourth-order valence-electron chi connectivity index (χ4n) is 4.88. The Labute approximate surface area is 291 Å². The molecule has 2 radical (unpaired) electrons. The van der Waals surface area contributed by atoms with Crippen LogP contribution in [-0.2, 0) is 78.2 Å². The van der Waals surface area contributed by atoms with Gasteiger partial charge >= 0.3 is 0 Å². The molecule has 4 heterocycles. The smallest absolute Gasteiger partial charge is 0.300 e. The summed E-state index contributed by atoms with van der Waals surface area (Å²) in [5.74, 6) is -0.510. The third kappa shape index (κ3) is 13.2.